The van der Waals surface area contributed by atoms with Crippen molar-refractivity contribution in [2.45, 2.75) is 55.4 Å². The Balaban J connectivity index is 0. The average Bonchev–Trinajstić information content (AvgIpc) is 1.79. The molecule has 4 heteroatoms. The molecule has 0 aliphatic rings. The van der Waals surface area contributed by atoms with Crippen molar-refractivity contribution in [3.05, 3.63) is 0 Å². The Morgan fingerprint density at radius 2 is 0.867 bits per heavy atom. The van der Waals surface area contributed by atoms with Gasteiger partial charge in [-0.2, -0.15) is 4.21 Å². The van der Waals surface area contributed by atoms with Crippen molar-refractivity contribution >= 4 is 11.4 Å². The maximum absolute atomic E-state index is 8.67. The summed E-state index contributed by atoms with van der Waals surface area (Å²) < 4.78 is 22.8. The van der Waals surface area contributed by atoms with Gasteiger partial charge in [0.25, 0.3) is 11.4 Å². The molecule has 0 aromatic heterocycles. The summed E-state index contributed by atoms with van der Waals surface area (Å²) in [6, 6.07) is 0. The molecule has 0 aromatic rings. The minimum absolute atomic E-state index is 0.375. The van der Waals surface area contributed by atoms with Crippen LogP contribution < -0.4 is 0 Å². The molecular weight excluding hydrogens is 212 g/mol. The van der Waals surface area contributed by atoms with Gasteiger partial charge in [0.05, 0.1) is 0 Å². The minimum atomic E-state index is -2.61. The van der Waals surface area contributed by atoms with Crippen LogP contribution in [0, 0.1) is 16.2 Å². The molecule has 0 saturated heterocycles. The number of hydrogen-bond acceptors (Lipinski definition) is 1. The fraction of sp³-hybridized carbons (Fsp3) is 1.00. The van der Waals surface area contributed by atoms with Crippen LogP contribution in [0.5, 0.6) is 0 Å². The van der Waals surface area contributed by atoms with E-state index in [9.17, 15) is 0 Å². The lowest BCUT2D eigenvalue weighted by Crippen LogP contribution is -2.41. The zero-order valence-electron chi connectivity index (χ0n) is 11.2. The second-order valence-electron chi connectivity index (χ2n) is 6.36. The van der Waals surface area contributed by atoms with E-state index in [1.807, 2.05) is 0 Å². The SMILES string of the molecule is CC(C)(C)C(C)(C)C(C)(C)C.O=S(O)O. The molecule has 0 bridgehead atoms. The molecule has 0 rings (SSSR count). The highest BCUT2D eigenvalue weighted by Crippen LogP contribution is 2.50. The zero-order chi connectivity index (χ0) is 13.1. The van der Waals surface area contributed by atoms with Gasteiger partial charge in [-0.1, -0.05) is 55.4 Å². The monoisotopic (exact) mass is 238 g/mol. The minimum Gasteiger partial charge on any atom is -0.284 e. The van der Waals surface area contributed by atoms with Crippen LogP contribution in [0.1, 0.15) is 55.4 Å². The lowest BCUT2D eigenvalue weighted by atomic mass is 9.56. The Bertz CT molecular complexity index is 189. The quantitative estimate of drug-likeness (QED) is 0.631. The molecule has 15 heavy (non-hydrogen) atoms. The molecule has 0 aliphatic heterocycles. The van der Waals surface area contributed by atoms with Crippen LogP contribution in [0.25, 0.3) is 0 Å². The molecule has 0 fully saturated rings. The molecule has 0 heterocycles. The van der Waals surface area contributed by atoms with Crippen LogP contribution in [-0.2, 0) is 11.4 Å². The summed E-state index contributed by atoms with van der Waals surface area (Å²) in [4.78, 5) is 0. The van der Waals surface area contributed by atoms with E-state index in [0.717, 1.165) is 0 Å². The summed E-state index contributed by atoms with van der Waals surface area (Å²) in [5.74, 6) is 0. The molecule has 0 saturated carbocycles. The van der Waals surface area contributed by atoms with Gasteiger partial charge >= 0.3 is 0 Å². The highest BCUT2D eigenvalue weighted by Gasteiger charge is 2.42. The fourth-order valence-electron chi connectivity index (χ4n) is 1.12. The van der Waals surface area contributed by atoms with Gasteiger partial charge in [0.15, 0.2) is 0 Å². The predicted molar refractivity (Wildman–Crippen MR) is 66.1 cm³/mol. The normalized spacial score (nSPS) is 13.5. The summed E-state index contributed by atoms with van der Waals surface area (Å²) in [5.41, 5.74) is 1.14. The van der Waals surface area contributed by atoms with Gasteiger partial charge in [0.1, 0.15) is 0 Å². The van der Waals surface area contributed by atoms with Crippen LogP contribution in [0.15, 0.2) is 0 Å². The third kappa shape index (κ3) is 6.28. The smallest absolute Gasteiger partial charge is 0.284 e. The van der Waals surface area contributed by atoms with Gasteiger partial charge in [0.2, 0.25) is 0 Å². The van der Waals surface area contributed by atoms with Crippen molar-refractivity contribution in [3.63, 3.8) is 0 Å². The average molecular weight is 238 g/mol. The Morgan fingerprint density at radius 1 is 0.733 bits per heavy atom. The Hall–Kier alpha value is 0.0700. The van der Waals surface area contributed by atoms with E-state index in [-0.39, 0.29) is 0 Å². The van der Waals surface area contributed by atoms with Crippen molar-refractivity contribution in [2.75, 3.05) is 0 Å². The maximum Gasteiger partial charge on any atom is 0.299 e. The third-order valence-corrected chi connectivity index (χ3v) is 3.75. The highest BCUT2D eigenvalue weighted by atomic mass is 32.2. The van der Waals surface area contributed by atoms with Gasteiger partial charge in [-0.25, -0.2) is 0 Å². The first-order chi connectivity index (χ1) is 6.23. The Labute approximate surface area is 96.8 Å². The summed E-state index contributed by atoms with van der Waals surface area (Å²) in [7, 11) is 0. The maximum atomic E-state index is 8.67. The molecule has 0 aromatic carbocycles. The first kappa shape index (κ1) is 17.5. The summed E-state index contributed by atoms with van der Waals surface area (Å²) in [6.45, 7) is 18.6. The van der Waals surface area contributed by atoms with E-state index in [0.29, 0.717) is 16.2 Å². The summed E-state index contributed by atoms with van der Waals surface area (Å²) >= 11 is -2.61. The van der Waals surface area contributed by atoms with E-state index in [1.165, 1.54) is 0 Å². The van der Waals surface area contributed by atoms with Crippen molar-refractivity contribution in [1.82, 2.24) is 0 Å². The van der Waals surface area contributed by atoms with Gasteiger partial charge in [-0.3, -0.25) is 9.11 Å². The number of hydrogen-bond donors (Lipinski definition) is 2. The lowest BCUT2D eigenvalue weighted by molar-refractivity contribution is 0.00575. The van der Waals surface area contributed by atoms with E-state index < -0.39 is 11.4 Å². The molecule has 2 N–H and O–H groups in total. The van der Waals surface area contributed by atoms with Crippen LogP contribution in [0.4, 0.5) is 0 Å². The van der Waals surface area contributed by atoms with E-state index >= 15 is 0 Å². The van der Waals surface area contributed by atoms with Crippen molar-refractivity contribution < 1.29 is 13.3 Å². The molecule has 0 aliphatic carbocycles. The zero-order valence-corrected chi connectivity index (χ0v) is 12.0. The topological polar surface area (TPSA) is 57.5 Å². The van der Waals surface area contributed by atoms with Crippen LogP contribution >= 0.6 is 0 Å². The Morgan fingerprint density at radius 3 is 0.867 bits per heavy atom. The van der Waals surface area contributed by atoms with E-state index in [2.05, 4.69) is 55.4 Å². The second-order valence-corrected chi connectivity index (χ2v) is 6.82. The Kier molecular flexibility index (Phi) is 6.30. The van der Waals surface area contributed by atoms with Crippen molar-refractivity contribution in [2.24, 2.45) is 16.2 Å². The number of rotatable bonds is 0. The van der Waals surface area contributed by atoms with Gasteiger partial charge < -0.3 is 0 Å². The largest absolute Gasteiger partial charge is 0.299 e. The predicted octanol–water partition coefficient (Wildman–Crippen LogP) is 3.79. The molecule has 0 amide bonds. The van der Waals surface area contributed by atoms with Crippen LogP contribution in [0.3, 0.4) is 0 Å². The van der Waals surface area contributed by atoms with Gasteiger partial charge in [-0.05, 0) is 16.2 Å². The molecule has 3 nitrogen and oxygen atoms in total. The van der Waals surface area contributed by atoms with Gasteiger partial charge in [-0.15, -0.1) is 0 Å². The lowest BCUT2D eigenvalue weighted by Gasteiger charge is -2.49. The van der Waals surface area contributed by atoms with E-state index in [4.69, 9.17) is 13.3 Å². The summed E-state index contributed by atoms with van der Waals surface area (Å²) in [5, 5.41) is 0. The van der Waals surface area contributed by atoms with Crippen molar-refractivity contribution in [1.29, 1.82) is 0 Å². The summed E-state index contributed by atoms with van der Waals surface area (Å²) in [6.07, 6.45) is 0. The molecule has 0 atom stereocenters. The van der Waals surface area contributed by atoms with Crippen LogP contribution in [0.2, 0.25) is 0 Å². The standard InChI is InChI=1S/C11H24.H2O3S/c1-9(2,3)11(7,8)10(4,5)6;1-4(2)3/h1-8H3;(H2,1,2,3). The molecule has 0 unspecified atom stereocenters. The second kappa shape index (κ2) is 5.41. The molecule has 0 radical (unpaired) electrons. The molecule has 94 valence electrons. The van der Waals surface area contributed by atoms with Gasteiger partial charge in [0, 0.05) is 0 Å². The fourth-order valence-corrected chi connectivity index (χ4v) is 1.12. The third-order valence-electron chi connectivity index (χ3n) is 3.75. The molecular formula is C11H26O3S. The van der Waals surface area contributed by atoms with E-state index in [1.54, 1.807) is 0 Å². The molecule has 0 spiro atoms. The first-order valence-electron chi connectivity index (χ1n) is 5.03. The highest BCUT2D eigenvalue weighted by molar-refractivity contribution is 7.73. The first-order valence-corrected chi connectivity index (χ1v) is 6.10. The van der Waals surface area contributed by atoms with Crippen LogP contribution in [-0.4, -0.2) is 13.3 Å². The van der Waals surface area contributed by atoms with Crippen molar-refractivity contribution in [3.8, 4) is 0 Å².